The molecule has 3 aliphatic heterocycles. The molecule has 2 unspecified atom stereocenters. The molecule has 0 radical (unpaired) electrons. The molecule has 0 bridgehead atoms. The van der Waals surface area contributed by atoms with E-state index >= 15 is 0 Å². The first-order valence-corrected chi connectivity index (χ1v) is 9.60. The summed E-state index contributed by atoms with van der Waals surface area (Å²) in [4.78, 5) is 48.5. The number of benzene rings is 1. The number of aliphatic imine (C=N–C) groups is 1. The monoisotopic (exact) mass is 413 g/mol. The highest BCUT2D eigenvalue weighted by Gasteiger charge is 2.54. The number of amides is 3. The largest absolute Gasteiger partial charge is 0.497 e. The number of methoxy groups -OCH3 is 1. The lowest BCUT2D eigenvalue weighted by Crippen LogP contribution is -2.65. The predicted octanol–water partition coefficient (Wildman–Crippen LogP) is 1.20. The number of carbonyl (C=O) groups excluding carboxylic acids is 3. The molecule has 3 heterocycles. The molecule has 1 fully saturated rings. The van der Waals surface area contributed by atoms with Crippen LogP contribution in [0.15, 0.2) is 41.2 Å². The minimum Gasteiger partial charge on any atom is -0.497 e. The highest BCUT2D eigenvalue weighted by atomic mass is 16.5. The fourth-order valence-electron chi connectivity index (χ4n) is 3.90. The fraction of sp³-hybridized carbons (Fsp3) is 0.400. The van der Waals surface area contributed by atoms with Gasteiger partial charge in [0.25, 0.3) is 5.91 Å². The number of urea groups is 1. The molecule has 0 N–H and O–H groups in total. The van der Waals surface area contributed by atoms with E-state index in [0.717, 1.165) is 16.3 Å². The average Bonchev–Trinajstić information content (AvgIpc) is 3.24. The molecule has 10 nitrogen and oxygen atoms in total. The first-order chi connectivity index (χ1) is 14.4. The van der Waals surface area contributed by atoms with Crippen molar-refractivity contribution in [2.45, 2.75) is 26.1 Å². The number of guanidine groups is 1. The number of esters is 1. The van der Waals surface area contributed by atoms with E-state index in [9.17, 15) is 14.4 Å². The predicted molar refractivity (Wildman–Crippen MR) is 108 cm³/mol. The molecular formula is C20H23N5O5. The Morgan fingerprint density at radius 3 is 2.73 bits per heavy atom. The Balaban J connectivity index is 1.66. The summed E-state index contributed by atoms with van der Waals surface area (Å²) < 4.78 is 10.2. The minimum atomic E-state index is -0.748. The van der Waals surface area contributed by atoms with Crippen LogP contribution < -0.4 is 9.64 Å². The zero-order valence-electron chi connectivity index (χ0n) is 17.2. The van der Waals surface area contributed by atoms with Crippen LogP contribution in [0.1, 0.15) is 13.8 Å². The Kier molecular flexibility index (Phi) is 4.84. The second-order valence-electron chi connectivity index (χ2n) is 7.13. The van der Waals surface area contributed by atoms with Crippen LogP contribution in [-0.4, -0.2) is 78.1 Å². The minimum absolute atomic E-state index is 0.174. The molecule has 30 heavy (non-hydrogen) atoms. The standard InChI is InChI=1S/C20H23N5O5/c1-5-30-15(26)11-24-18(27)16-17(22(3)20(24)28)21-19-23(16)10-12(2)25(19)13-7-6-8-14(9-13)29-4/h6-10,16-17H,5,11H2,1-4H3. The van der Waals surface area contributed by atoms with Crippen LogP contribution in [-0.2, 0) is 14.3 Å². The van der Waals surface area contributed by atoms with Gasteiger partial charge in [0.15, 0.2) is 12.2 Å². The summed E-state index contributed by atoms with van der Waals surface area (Å²) in [5, 5.41) is 0. The average molecular weight is 413 g/mol. The van der Waals surface area contributed by atoms with Crippen molar-refractivity contribution < 1.29 is 23.9 Å². The van der Waals surface area contributed by atoms with Crippen molar-refractivity contribution in [3.8, 4) is 5.75 Å². The number of fused-ring (bicyclic) bond motifs is 3. The van der Waals surface area contributed by atoms with E-state index in [-0.39, 0.29) is 6.61 Å². The number of hydrogen-bond acceptors (Lipinski definition) is 8. The van der Waals surface area contributed by atoms with E-state index in [0.29, 0.717) is 11.7 Å². The molecule has 2 atom stereocenters. The molecule has 158 valence electrons. The zero-order valence-corrected chi connectivity index (χ0v) is 17.2. The van der Waals surface area contributed by atoms with E-state index in [2.05, 4.69) is 4.99 Å². The number of ether oxygens (including phenoxy) is 2. The molecule has 0 spiro atoms. The molecule has 1 aromatic carbocycles. The van der Waals surface area contributed by atoms with E-state index in [1.54, 1.807) is 26.0 Å². The smallest absolute Gasteiger partial charge is 0.328 e. The summed E-state index contributed by atoms with van der Waals surface area (Å²) in [7, 11) is 3.17. The van der Waals surface area contributed by atoms with Gasteiger partial charge in [-0.1, -0.05) is 6.07 Å². The van der Waals surface area contributed by atoms with Gasteiger partial charge in [-0.05, 0) is 26.0 Å². The summed E-state index contributed by atoms with van der Waals surface area (Å²) in [6.07, 6.45) is 1.14. The van der Waals surface area contributed by atoms with Gasteiger partial charge in [-0.3, -0.25) is 19.4 Å². The van der Waals surface area contributed by atoms with Crippen molar-refractivity contribution in [1.82, 2.24) is 14.7 Å². The summed E-state index contributed by atoms with van der Waals surface area (Å²) in [5.41, 5.74) is 1.69. The summed E-state index contributed by atoms with van der Waals surface area (Å²) >= 11 is 0. The van der Waals surface area contributed by atoms with Crippen LogP contribution >= 0.6 is 0 Å². The molecule has 4 rings (SSSR count). The lowest BCUT2D eigenvalue weighted by molar-refractivity contribution is -0.150. The first-order valence-electron chi connectivity index (χ1n) is 9.60. The van der Waals surface area contributed by atoms with Gasteiger partial charge in [-0.2, -0.15) is 0 Å². The van der Waals surface area contributed by atoms with Crippen LogP contribution in [0.25, 0.3) is 0 Å². The topological polar surface area (TPSA) is 95.0 Å². The molecule has 3 amide bonds. The number of hydrogen-bond donors (Lipinski definition) is 0. The third kappa shape index (κ3) is 2.95. The molecule has 0 saturated carbocycles. The van der Waals surface area contributed by atoms with Gasteiger partial charge >= 0.3 is 12.0 Å². The van der Waals surface area contributed by atoms with Gasteiger partial charge in [-0.25, -0.2) is 9.79 Å². The zero-order chi connectivity index (χ0) is 21.6. The maximum atomic E-state index is 13.2. The van der Waals surface area contributed by atoms with E-state index in [1.807, 2.05) is 42.3 Å². The fourth-order valence-corrected chi connectivity index (χ4v) is 3.90. The number of likely N-dealkylation sites (N-methyl/N-ethyl adjacent to an activating group) is 1. The summed E-state index contributed by atoms with van der Waals surface area (Å²) in [5.74, 6) is 0.128. The van der Waals surface area contributed by atoms with E-state index < -0.39 is 36.7 Å². The Hall–Kier alpha value is -3.56. The maximum absolute atomic E-state index is 13.2. The molecule has 3 aliphatic rings. The molecule has 1 saturated heterocycles. The third-order valence-electron chi connectivity index (χ3n) is 5.29. The Bertz CT molecular complexity index is 974. The summed E-state index contributed by atoms with van der Waals surface area (Å²) in [6.45, 7) is 3.33. The van der Waals surface area contributed by atoms with Crippen LogP contribution in [0.2, 0.25) is 0 Å². The van der Waals surface area contributed by atoms with Gasteiger partial charge in [0.2, 0.25) is 5.96 Å². The highest BCUT2D eigenvalue weighted by Crippen LogP contribution is 2.37. The number of nitrogens with zero attached hydrogens (tertiary/aromatic N) is 5. The number of carbonyl (C=O) groups is 3. The quantitative estimate of drug-likeness (QED) is 0.670. The highest BCUT2D eigenvalue weighted by molar-refractivity contribution is 6.10. The van der Waals surface area contributed by atoms with Crippen molar-refractivity contribution >= 4 is 29.6 Å². The van der Waals surface area contributed by atoms with Gasteiger partial charge in [0.05, 0.1) is 19.4 Å². The van der Waals surface area contributed by atoms with Crippen molar-refractivity contribution in [2.75, 3.05) is 32.2 Å². The Morgan fingerprint density at radius 2 is 2.03 bits per heavy atom. The second-order valence-corrected chi connectivity index (χ2v) is 7.13. The van der Waals surface area contributed by atoms with Crippen LogP contribution in [0.5, 0.6) is 5.75 Å². The molecule has 1 aromatic rings. The number of rotatable bonds is 5. The normalized spacial score (nSPS) is 22.7. The maximum Gasteiger partial charge on any atom is 0.328 e. The van der Waals surface area contributed by atoms with Crippen molar-refractivity contribution in [2.24, 2.45) is 4.99 Å². The SMILES string of the molecule is CCOC(=O)CN1C(=O)C2C(N=C3N(c4cccc(OC)c4)C(C)=CN32)N(C)C1=O. The van der Waals surface area contributed by atoms with Crippen LogP contribution in [0.4, 0.5) is 10.5 Å². The molecule has 0 aliphatic carbocycles. The Labute approximate surface area is 173 Å². The van der Waals surface area contributed by atoms with Gasteiger partial charge in [0, 0.05) is 25.0 Å². The molecule has 0 aromatic heterocycles. The van der Waals surface area contributed by atoms with Crippen molar-refractivity contribution in [3.05, 3.63) is 36.2 Å². The first kappa shape index (κ1) is 19.7. The second kappa shape index (κ2) is 7.36. The van der Waals surface area contributed by atoms with Crippen molar-refractivity contribution in [3.63, 3.8) is 0 Å². The lowest BCUT2D eigenvalue weighted by Gasteiger charge is -2.39. The van der Waals surface area contributed by atoms with Gasteiger partial charge in [0.1, 0.15) is 12.3 Å². The van der Waals surface area contributed by atoms with E-state index in [4.69, 9.17) is 9.47 Å². The van der Waals surface area contributed by atoms with Crippen LogP contribution in [0.3, 0.4) is 0 Å². The number of allylic oxidation sites excluding steroid dienone is 1. The number of anilines is 1. The van der Waals surface area contributed by atoms with Crippen LogP contribution in [0, 0.1) is 0 Å². The van der Waals surface area contributed by atoms with E-state index in [1.165, 1.54) is 4.90 Å². The lowest BCUT2D eigenvalue weighted by atomic mass is 10.1. The number of imide groups is 1. The van der Waals surface area contributed by atoms with Gasteiger partial charge in [-0.15, -0.1) is 0 Å². The van der Waals surface area contributed by atoms with Crippen molar-refractivity contribution in [1.29, 1.82) is 0 Å². The summed E-state index contributed by atoms with van der Waals surface area (Å²) in [6, 6.07) is 6.17. The molecule has 10 heteroatoms. The third-order valence-corrected chi connectivity index (χ3v) is 5.29. The molecular weight excluding hydrogens is 390 g/mol. The Morgan fingerprint density at radius 1 is 1.27 bits per heavy atom. The van der Waals surface area contributed by atoms with Gasteiger partial charge < -0.3 is 19.3 Å².